The molecule has 3 aliphatic rings. The molecule has 0 radical (unpaired) electrons. The molecule has 0 aromatic carbocycles. The minimum absolute atomic E-state index is 0.0313. The Morgan fingerprint density at radius 1 is 1.10 bits per heavy atom. The fourth-order valence-electron chi connectivity index (χ4n) is 8.94. The van der Waals surface area contributed by atoms with Crippen LogP contribution in [0, 0.1) is 35.5 Å². The number of amides is 1. The highest BCUT2D eigenvalue weighted by Gasteiger charge is 2.52. The molecule has 7 N–H and O–H groups in total. The van der Waals surface area contributed by atoms with E-state index in [1.807, 2.05) is 53.7 Å². The first-order chi connectivity index (χ1) is 28.6. The minimum atomic E-state index is -1.97. The quantitative estimate of drug-likeness (QED) is 0.119. The number of nitrogens with two attached hydrogens (primary N) is 1. The molecule has 15 heteroatoms. The first kappa shape index (κ1) is 52.2. The Kier molecular flexibility index (Phi) is 20.1. The lowest BCUT2D eigenvalue weighted by Gasteiger charge is -2.49. The van der Waals surface area contributed by atoms with Crippen molar-refractivity contribution in [2.24, 2.45) is 41.2 Å². The van der Waals surface area contributed by atoms with E-state index >= 15 is 0 Å². The van der Waals surface area contributed by atoms with Gasteiger partial charge in [-0.05, 0) is 52.5 Å². The summed E-state index contributed by atoms with van der Waals surface area (Å²) < 4.78 is 41.4. The van der Waals surface area contributed by atoms with Crippen LogP contribution < -0.4 is 5.73 Å². The van der Waals surface area contributed by atoms with E-state index in [0.29, 0.717) is 18.4 Å². The van der Waals surface area contributed by atoms with Gasteiger partial charge in [0, 0.05) is 49.5 Å². The van der Waals surface area contributed by atoms with Crippen molar-refractivity contribution in [2.75, 3.05) is 14.2 Å². The van der Waals surface area contributed by atoms with Crippen LogP contribution in [0.4, 0.5) is 4.79 Å². The molecule has 1 amide bonds. The van der Waals surface area contributed by atoms with E-state index in [1.165, 1.54) is 20.3 Å². The summed E-state index contributed by atoms with van der Waals surface area (Å²) in [4.78, 5) is 25.4. The third-order valence-electron chi connectivity index (χ3n) is 12.8. The number of rotatable bonds is 11. The van der Waals surface area contributed by atoms with Gasteiger partial charge in [0.05, 0.1) is 49.8 Å². The summed E-state index contributed by atoms with van der Waals surface area (Å²) in [6, 6.07) is 0. The normalized spacial score (nSPS) is 42.2. The van der Waals surface area contributed by atoms with Crippen LogP contribution in [-0.2, 0) is 38.0 Å². The number of aliphatic hydroxyl groups excluding tert-OH is 4. The summed E-state index contributed by atoms with van der Waals surface area (Å²) in [5.74, 6) is -6.00. The molecule has 0 aromatic heterocycles. The summed E-state index contributed by atoms with van der Waals surface area (Å²) in [5.41, 5.74) is 6.78. The number of allylic oxidation sites excluding steroid dienone is 6. The maximum atomic E-state index is 13.9. The number of ether oxygens (including phenoxy) is 7. The number of carbonyl (C=O) groups excluding carboxylic acids is 2. The Morgan fingerprint density at radius 2 is 1.77 bits per heavy atom. The van der Waals surface area contributed by atoms with E-state index in [-0.39, 0.29) is 42.3 Å². The first-order valence-electron chi connectivity index (χ1n) is 21.7. The number of hydrogen-bond acceptors (Lipinski definition) is 14. The molecule has 61 heavy (non-hydrogen) atoms. The molecular formula is C46H75NO14. The second-order valence-corrected chi connectivity index (χ2v) is 17.5. The lowest BCUT2D eigenvalue weighted by molar-refractivity contribution is -0.338. The summed E-state index contributed by atoms with van der Waals surface area (Å²) >= 11 is 0. The van der Waals surface area contributed by atoms with E-state index in [1.54, 1.807) is 52.0 Å². The van der Waals surface area contributed by atoms with Crippen molar-refractivity contribution in [1.29, 1.82) is 0 Å². The van der Waals surface area contributed by atoms with Crippen molar-refractivity contribution in [3.8, 4) is 0 Å². The van der Waals surface area contributed by atoms with Gasteiger partial charge >= 0.3 is 12.1 Å². The van der Waals surface area contributed by atoms with Gasteiger partial charge in [-0.3, -0.25) is 0 Å². The van der Waals surface area contributed by atoms with Crippen molar-refractivity contribution in [2.45, 2.75) is 168 Å². The Morgan fingerprint density at radius 3 is 2.34 bits per heavy atom. The second kappa shape index (κ2) is 23.5. The molecule has 348 valence electrons. The molecule has 2 fully saturated rings. The lowest BCUT2D eigenvalue weighted by atomic mass is 9.77. The Hall–Kier alpha value is -3.12. The molecule has 3 aliphatic heterocycles. The van der Waals surface area contributed by atoms with Crippen LogP contribution in [0.3, 0.4) is 0 Å². The van der Waals surface area contributed by atoms with Crippen LogP contribution in [0.25, 0.3) is 0 Å². The maximum Gasteiger partial charge on any atom is 0.404 e. The van der Waals surface area contributed by atoms with Crippen LogP contribution in [0.15, 0.2) is 59.4 Å². The summed E-state index contributed by atoms with van der Waals surface area (Å²) in [6.07, 6.45) is 2.20. The van der Waals surface area contributed by atoms with Gasteiger partial charge in [0.2, 0.25) is 5.76 Å². The number of carbonyl (C=O) groups is 2. The smallest absolute Gasteiger partial charge is 0.404 e. The average molecular weight is 866 g/mol. The first-order valence-corrected chi connectivity index (χ1v) is 21.7. The van der Waals surface area contributed by atoms with Gasteiger partial charge < -0.3 is 64.4 Å². The van der Waals surface area contributed by atoms with Gasteiger partial charge in [-0.25, -0.2) is 9.59 Å². The van der Waals surface area contributed by atoms with Crippen molar-refractivity contribution in [1.82, 2.24) is 0 Å². The molecule has 0 aliphatic carbocycles. The monoisotopic (exact) mass is 866 g/mol. The Labute approximate surface area is 362 Å². The molecule has 3 heterocycles. The molecule has 0 bridgehead atoms. The zero-order valence-electron chi connectivity index (χ0n) is 38.2. The zero-order chi connectivity index (χ0) is 45.9. The summed E-state index contributed by atoms with van der Waals surface area (Å²) in [7, 11) is 2.81. The van der Waals surface area contributed by atoms with Gasteiger partial charge in [-0.15, -0.1) is 0 Å². The zero-order valence-corrected chi connectivity index (χ0v) is 38.2. The SMILES string of the molecule is C/C=C/[C@H]1O[C@@](O)([C@@H](C)[C@H](O)[C@H](C)[C@H]2OC(=O)/C(OC)=C/C(C)=C/[C@@H](C)[C@@H](O)[C@@H](CC)[C@@H](O)[C@H](C)C/C(C)=C/C=C\[C@@H]2OC)C[C@@H](O[C@H]2C[C@@H](O)[C@H](OC(N)=O)[C@@H](C)O2)[C@@H]1C. The van der Waals surface area contributed by atoms with Crippen molar-refractivity contribution < 1.29 is 68.3 Å². The van der Waals surface area contributed by atoms with Gasteiger partial charge in [-0.2, -0.15) is 0 Å². The van der Waals surface area contributed by atoms with Crippen molar-refractivity contribution in [3.05, 3.63) is 59.4 Å². The van der Waals surface area contributed by atoms with E-state index in [9.17, 15) is 35.1 Å². The minimum Gasteiger partial charge on any atom is -0.490 e. The van der Waals surface area contributed by atoms with Crippen LogP contribution in [0.1, 0.15) is 94.9 Å². The number of primary amides is 1. The van der Waals surface area contributed by atoms with Gasteiger partial charge in [0.15, 0.2) is 18.2 Å². The second-order valence-electron chi connectivity index (χ2n) is 17.5. The van der Waals surface area contributed by atoms with Crippen molar-refractivity contribution >= 4 is 12.1 Å². The summed E-state index contributed by atoms with van der Waals surface area (Å²) in [5, 5.41) is 58.0. The Bertz CT molecular complexity index is 1570. The number of esters is 1. The molecule has 15 nitrogen and oxygen atoms in total. The highest BCUT2D eigenvalue weighted by atomic mass is 16.7. The van der Waals surface area contributed by atoms with Gasteiger partial charge in [0.1, 0.15) is 12.2 Å². The van der Waals surface area contributed by atoms with Crippen LogP contribution >= 0.6 is 0 Å². The number of aliphatic hydroxyl groups is 5. The molecule has 0 saturated carbocycles. The van der Waals surface area contributed by atoms with Crippen LogP contribution in [-0.4, -0.2) is 125 Å². The topological polar surface area (TPSA) is 226 Å². The number of hydrogen-bond donors (Lipinski definition) is 6. The van der Waals surface area contributed by atoms with E-state index in [4.69, 9.17) is 38.9 Å². The van der Waals surface area contributed by atoms with Gasteiger partial charge in [-0.1, -0.05) is 89.1 Å². The lowest BCUT2D eigenvalue weighted by Crippen LogP contribution is -2.59. The molecule has 3 rings (SSSR count). The maximum absolute atomic E-state index is 13.9. The third kappa shape index (κ3) is 13.7. The van der Waals surface area contributed by atoms with Crippen molar-refractivity contribution in [3.63, 3.8) is 0 Å². The van der Waals surface area contributed by atoms with E-state index in [0.717, 1.165) is 5.57 Å². The third-order valence-corrected chi connectivity index (χ3v) is 12.8. The number of cyclic esters (lactones) is 1. The molecule has 18 atom stereocenters. The molecule has 0 unspecified atom stereocenters. The average Bonchev–Trinajstić information content (AvgIpc) is 3.19. The van der Waals surface area contributed by atoms with E-state index < -0.39 is 97.0 Å². The largest absolute Gasteiger partial charge is 0.490 e. The van der Waals surface area contributed by atoms with Crippen LogP contribution in [0.5, 0.6) is 0 Å². The molecular weight excluding hydrogens is 790 g/mol. The molecule has 0 spiro atoms. The standard InChI is InChI=1S/C46H75NO14/c1-13-16-34-28(7)37(58-38-22-33(48)43(31(10)57-38)60-45(47)53)23-46(54,61-34)30(9)41(51)29(8)42-35(55-11)18-15-17-24(3)19-26(5)39(49)32(14-2)40(50)27(6)20-25(4)21-36(56-12)44(52)59-42/h13,15-18,20-21,26-35,37-43,48-51,54H,14,19,22-23H2,1-12H3,(H2,47,53)/b16-13+,18-15-,24-17+,25-20+,36-21-/t26-,27-,28-,29+,30+,31-,32+,33-,34-,35+,37-,38+,39+,40-,41-,42-,43-,46-/m1/s1. The van der Waals surface area contributed by atoms with E-state index in [2.05, 4.69) is 0 Å². The fourth-order valence-corrected chi connectivity index (χ4v) is 8.94. The predicted octanol–water partition coefficient (Wildman–Crippen LogP) is 4.98. The molecule has 0 aromatic rings. The summed E-state index contributed by atoms with van der Waals surface area (Å²) in [6.45, 7) is 18.2. The molecule has 2 saturated heterocycles. The fraction of sp³-hybridized carbons (Fsp3) is 0.739. The number of methoxy groups -OCH3 is 2. The predicted molar refractivity (Wildman–Crippen MR) is 228 cm³/mol. The highest BCUT2D eigenvalue weighted by molar-refractivity contribution is 5.87. The van der Waals surface area contributed by atoms with Crippen LogP contribution in [0.2, 0.25) is 0 Å². The highest BCUT2D eigenvalue weighted by Crippen LogP contribution is 2.42. The Balaban J connectivity index is 2.00. The van der Waals surface area contributed by atoms with Gasteiger partial charge in [0.25, 0.3) is 0 Å².